The van der Waals surface area contributed by atoms with Gasteiger partial charge in [0.2, 0.25) is 15.9 Å². The summed E-state index contributed by atoms with van der Waals surface area (Å²) in [7, 11) is -4.25. The Morgan fingerprint density at radius 1 is 1.03 bits per heavy atom. The fraction of sp³-hybridized carbons (Fsp3) is 0.350. The maximum absolute atomic E-state index is 12.8. The Labute approximate surface area is 173 Å². The van der Waals surface area contributed by atoms with E-state index in [1.807, 2.05) is 29.0 Å². The monoisotopic (exact) mass is 441 g/mol. The average molecular weight is 441 g/mol. The maximum Gasteiger partial charge on any atom is 0.416 e. The summed E-state index contributed by atoms with van der Waals surface area (Å²) in [4.78, 5) is 13.7. The summed E-state index contributed by atoms with van der Waals surface area (Å²) in [5.41, 5.74) is 0.899. The van der Waals surface area contributed by atoms with Crippen molar-refractivity contribution in [3.8, 4) is 0 Å². The maximum atomic E-state index is 12.8. The van der Waals surface area contributed by atoms with Gasteiger partial charge in [-0.15, -0.1) is 0 Å². The van der Waals surface area contributed by atoms with E-state index in [0.717, 1.165) is 42.5 Å². The van der Waals surface area contributed by atoms with Gasteiger partial charge >= 0.3 is 6.18 Å². The number of alkyl halides is 3. The summed E-state index contributed by atoms with van der Waals surface area (Å²) >= 11 is 0. The molecule has 6 nitrogen and oxygen atoms in total. The molecule has 1 heterocycles. The zero-order valence-electron chi connectivity index (χ0n) is 16.1. The topological polar surface area (TPSA) is 78.5 Å². The molecule has 1 aliphatic heterocycles. The molecule has 1 fully saturated rings. The van der Waals surface area contributed by atoms with Crippen LogP contribution >= 0.6 is 0 Å². The van der Waals surface area contributed by atoms with Gasteiger partial charge < -0.3 is 10.2 Å². The molecule has 1 amide bonds. The molecule has 30 heavy (non-hydrogen) atoms. The summed E-state index contributed by atoms with van der Waals surface area (Å²) in [6.07, 6.45) is -2.31. The molecule has 0 aromatic heterocycles. The van der Waals surface area contributed by atoms with E-state index in [0.29, 0.717) is 6.07 Å². The van der Waals surface area contributed by atoms with Crippen molar-refractivity contribution >= 4 is 21.6 Å². The number of rotatable bonds is 7. The van der Waals surface area contributed by atoms with Crippen LogP contribution in [0.3, 0.4) is 0 Å². The van der Waals surface area contributed by atoms with E-state index in [2.05, 4.69) is 10.2 Å². The Balaban J connectivity index is 1.51. The lowest BCUT2D eigenvalue weighted by Gasteiger charge is -2.17. The second-order valence-electron chi connectivity index (χ2n) is 6.99. The Morgan fingerprint density at radius 3 is 2.33 bits per heavy atom. The van der Waals surface area contributed by atoms with Crippen molar-refractivity contribution in [1.82, 2.24) is 10.0 Å². The van der Waals surface area contributed by atoms with Crippen molar-refractivity contribution in [3.63, 3.8) is 0 Å². The summed E-state index contributed by atoms with van der Waals surface area (Å²) in [5, 5.41) is 2.59. The number of hydrogen-bond acceptors (Lipinski definition) is 4. The van der Waals surface area contributed by atoms with Crippen LogP contribution in [0.25, 0.3) is 0 Å². The van der Waals surface area contributed by atoms with Crippen molar-refractivity contribution in [2.75, 3.05) is 24.5 Å². The molecular weight excluding hydrogens is 419 g/mol. The number of amides is 1. The van der Waals surface area contributed by atoms with Gasteiger partial charge in [-0.25, -0.2) is 13.1 Å². The molecule has 0 atom stereocenters. The minimum Gasteiger partial charge on any atom is -0.372 e. The van der Waals surface area contributed by atoms with Crippen molar-refractivity contribution in [1.29, 1.82) is 0 Å². The molecule has 1 aliphatic rings. The van der Waals surface area contributed by atoms with E-state index >= 15 is 0 Å². The van der Waals surface area contributed by atoms with E-state index in [1.54, 1.807) is 0 Å². The van der Waals surface area contributed by atoms with Crippen LogP contribution in [0.2, 0.25) is 0 Å². The lowest BCUT2D eigenvalue weighted by Crippen LogP contribution is -2.36. The number of nitrogens with one attached hydrogen (secondary N) is 2. The van der Waals surface area contributed by atoms with Gasteiger partial charge in [-0.3, -0.25) is 4.79 Å². The highest BCUT2D eigenvalue weighted by molar-refractivity contribution is 7.89. The Hall–Kier alpha value is -2.59. The van der Waals surface area contributed by atoms with E-state index < -0.39 is 39.1 Å². The van der Waals surface area contributed by atoms with Gasteiger partial charge in [-0.05, 0) is 48.7 Å². The third kappa shape index (κ3) is 5.73. The number of anilines is 1. The molecule has 162 valence electrons. The van der Waals surface area contributed by atoms with Gasteiger partial charge in [0.1, 0.15) is 0 Å². The van der Waals surface area contributed by atoms with E-state index in [4.69, 9.17) is 0 Å². The molecule has 1 saturated heterocycles. The zero-order valence-corrected chi connectivity index (χ0v) is 16.9. The summed E-state index contributed by atoms with van der Waals surface area (Å²) in [5.74, 6) is -0.589. The molecule has 0 aliphatic carbocycles. The zero-order chi connectivity index (χ0) is 21.8. The van der Waals surface area contributed by atoms with Crippen molar-refractivity contribution in [2.45, 2.75) is 30.5 Å². The van der Waals surface area contributed by atoms with Crippen molar-refractivity contribution in [2.24, 2.45) is 0 Å². The first-order valence-electron chi connectivity index (χ1n) is 9.43. The highest BCUT2D eigenvalue weighted by Crippen LogP contribution is 2.30. The molecule has 0 spiro atoms. The summed E-state index contributed by atoms with van der Waals surface area (Å²) < 4.78 is 64.7. The van der Waals surface area contributed by atoms with Crippen LogP contribution in [0.4, 0.5) is 18.9 Å². The number of sulfonamides is 1. The van der Waals surface area contributed by atoms with Crippen LogP contribution < -0.4 is 14.9 Å². The number of hydrogen-bond donors (Lipinski definition) is 2. The van der Waals surface area contributed by atoms with Gasteiger partial charge in [0.15, 0.2) is 0 Å². The molecular formula is C20H22F3N3O3S. The van der Waals surface area contributed by atoms with Crippen LogP contribution in [0.5, 0.6) is 0 Å². The second-order valence-corrected chi connectivity index (χ2v) is 8.75. The quantitative estimate of drug-likeness (QED) is 0.693. The number of benzene rings is 2. The van der Waals surface area contributed by atoms with E-state index in [9.17, 15) is 26.4 Å². The van der Waals surface area contributed by atoms with Gasteiger partial charge in [0.05, 0.1) is 17.0 Å². The van der Waals surface area contributed by atoms with Crippen LogP contribution in [0, 0.1) is 0 Å². The highest BCUT2D eigenvalue weighted by Gasteiger charge is 2.31. The first kappa shape index (κ1) is 22.1. The minimum absolute atomic E-state index is 0.213. The van der Waals surface area contributed by atoms with Gasteiger partial charge in [0.25, 0.3) is 0 Å². The Kier molecular flexibility index (Phi) is 6.67. The van der Waals surface area contributed by atoms with Crippen molar-refractivity contribution in [3.05, 3.63) is 59.7 Å². The molecule has 0 unspecified atom stereocenters. The number of nitrogens with zero attached hydrogens (tertiary/aromatic N) is 1. The van der Waals surface area contributed by atoms with E-state index in [-0.39, 0.29) is 6.54 Å². The molecule has 3 rings (SSSR count). The average Bonchev–Trinajstić information content (AvgIpc) is 3.25. The Morgan fingerprint density at radius 2 is 1.70 bits per heavy atom. The molecule has 0 saturated carbocycles. The third-order valence-corrected chi connectivity index (χ3v) is 6.19. The summed E-state index contributed by atoms with van der Waals surface area (Å²) in [6, 6.07) is 11.1. The summed E-state index contributed by atoms with van der Waals surface area (Å²) in [6.45, 7) is 1.69. The Bertz CT molecular complexity index is 986. The van der Waals surface area contributed by atoms with Crippen LogP contribution in [0.1, 0.15) is 24.0 Å². The van der Waals surface area contributed by atoms with Crippen molar-refractivity contribution < 1.29 is 26.4 Å². The van der Waals surface area contributed by atoms with Crippen LogP contribution in [0.15, 0.2) is 53.4 Å². The normalized spacial score (nSPS) is 14.7. The van der Waals surface area contributed by atoms with Crippen LogP contribution in [-0.4, -0.2) is 34.0 Å². The number of carbonyl (C=O) groups is 1. The SMILES string of the molecule is O=C(CNS(=O)(=O)c1cccc(C(F)(F)F)c1)NCc1ccc(N2CCCC2)cc1. The van der Waals surface area contributed by atoms with Gasteiger partial charge in [-0.1, -0.05) is 18.2 Å². The van der Waals surface area contributed by atoms with Gasteiger partial charge in [0, 0.05) is 25.3 Å². The van der Waals surface area contributed by atoms with Crippen LogP contribution in [-0.2, 0) is 27.5 Å². The predicted molar refractivity (Wildman–Crippen MR) is 106 cm³/mol. The largest absolute Gasteiger partial charge is 0.416 e. The smallest absolute Gasteiger partial charge is 0.372 e. The first-order valence-corrected chi connectivity index (χ1v) is 10.9. The lowest BCUT2D eigenvalue weighted by molar-refractivity contribution is -0.137. The van der Waals surface area contributed by atoms with Gasteiger partial charge in [-0.2, -0.15) is 13.2 Å². The second kappa shape index (κ2) is 9.05. The standard InChI is InChI=1S/C20H22F3N3O3S/c21-20(22,23)16-4-3-5-18(12-16)30(28,29)25-14-19(27)24-13-15-6-8-17(9-7-15)26-10-1-2-11-26/h3-9,12,25H,1-2,10-11,13-14H2,(H,24,27). The fourth-order valence-corrected chi connectivity index (χ4v) is 4.17. The molecule has 0 radical (unpaired) electrons. The first-order chi connectivity index (χ1) is 14.1. The number of halogens is 3. The fourth-order valence-electron chi connectivity index (χ4n) is 3.15. The molecule has 0 bridgehead atoms. The lowest BCUT2D eigenvalue weighted by atomic mass is 10.2. The molecule has 10 heteroatoms. The molecule has 2 N–H and O–H groups in total. The predicted octanol–water partition coefficient (Wildman–Crippen LogP) is 2.90. The highest BCUT2D eigenvalue weighted by atomic mass is 32.2. The molecule has 2 aromatic rings. The van der Waals surface area contributed by atoms with E-state index in [1.165, 1.54) is 12.8 Å². The number of carbonyl (C=O) groups excluding carboxylic acids is 1. The molecule has 2 aromatic carbocycles. The third-order valence-electron chi connectivity index (χ3n) is 4.79. The minimum atomic E-state index is -4.66.